The van der Waals surface area contributed by atoms with Crippen molar-refractivity contribution in [3.63, 3.8) is 0 Å². The van der Waals surface area contributed by atoms with Gasteiger partial charge in [0.15, 0.2) is 10.8 Å². The Kier molecular flexibility index (Phi) is 3.88. The second-order valence-corrected chi connectivity index (χ2v) is 5.31. The minimum Gasteiger partial charge on any atom is -0.325 e. The van der Waals surface area contributed by atoms with Crippen molar-refractivity contribution in [2.45, 2.75) is 5.16 Å². The van der Waals surface area contributed by atoms with Gasteiger partial charge < -0.3 is 10.3 Å². The highest BCUT2D eigenvalue weighted by Gasteiger charge is 2.09. The molecule has 9 heteroatoms. The summed E-state index contributed by atoms with van der Waals surface area (Å²) >= 11 is 1.06. The minimum absolute atomic E-state index is 0.0269. The van der Waals surface area contributed by atoms with E-state index in [1.54, 1.807) is 6.07 Å². The lowest BCUT2D eigenvalue weighted by atomic mass is 10.3. The number of halogens is 1. The molecule has 0 saturated carbocycles. The predicted octanol–water partition coefficient (Wildman–Crippen LogP) is 1.52. The van der Waals surface area contributed by atoms with Gasteiger partial charge in [0.2, 0.25) is 5.91 Å². The Bertz CT molecular complexity index is 891. The number of aromatic amines is 2. The summed E-state index contributed by atoms with van der Waals surface area (Å²) < 4.78 is 13.0. The van der Waals surface area contributed by atoms with Gasteiger partial charge in [-0.1, -0.05) is 17.8 Å². The number of H-pyrrole nitrogens is 2. The van der Waals surface area contributed by atoms with E-state index in [4.69, 9.17) is 0 Å². The van der Waals surface area contributed by atoms with Gasteiger partial charge in [0.05, 0.1) is 11.9 Å². The standard InChI is InChI=1S/C13H10FN5O2S/c14-7-2-1-3-8(4-7)16-10(20)6-22-13-17-11-9(5-15-19-11)12(21)18-13/h1-5H,6H2,(H,16,20)(H2,15,17,18,19,21). The fourth-order valence-electron chi connectivity index (χ4n) is 1.79. The lowest BCUT2D eigenvalue weighted by Crippen LogP contribution is -2.15. The van der Waals surface area contributed by atoms with Crippen LogP contribution in [0.15, 0.2) is 40.4 Å². The molecule has 2 heterocycles. The molecule has 112 valence electrons. The fourth-order valence-corrected chi connectivity index (χ4v) is 2.45. The highest BCUT2D eigenvalue weighted by Crippen LogP contribution is 2.15. The third kappa shape index (κ3) is 3.14. The Hall–Kier alpha value is -2.68. The van der Waals surface area contributed by atoms with E-state index in [1.165, 1.54) is 24.4 Å². The molecule has 22 heavy (non-hydrogen) atoms. The van der Waals surface area contributed by atoms with E-state index in [0.717, 1.165) is 11.8 Å². The number of amides is 1. The van der Waals surface area contributed by atoms with Crippen molar-refractivity contribution in [1.29, 1.82) is 0 Å². The third-order valence-electron chi connectivity index (χ3n) is 2.75. The number of hydrogen-bond acceptors (Lipinski definition) is 5. The normalized spacial score (nSPS) is 10.8. The van der Waals surface area contributed by atoms with Crippen LogP contribution in [-0.4, -0.2) is 31.8 Å². The number of nitrogens with one attached hydrogen (secondary N) is 3. The number of aromatic nitrogens is 4. The molecule has 7 nitrogen and oxygen atoms in total. The van der Waals surface area contributed by atoms with Crippen molar-refractivity contribution in [2.24, 2.45) is 0 Å². The summed E-state index contributed by atoms with van der Waals surface area (Å²) in [5.41, 5.74) is 0.402. The van der Waals surface area contributed by atoms with Gasteiger partial charge >= 0.3 is 0 Å². The highest BCUT2D eigenvalue weighted by atomic mass is 32.2. The predicted molar refractivity (Wildman–Crippen MR) is 80.3 cm³/mol. The number of fused-ring (bicyclic) bond motifs is 1. The maximum atomic E-state index is 13.0. The van der Waals surface area contributed by atoms with E-state index in [-0.39, 0.29) is 17.2 Å². The summed E-state index contributed by atoms with van der Waals surface area (Å²) in [5, 5.41) is 9.55. The molecule has 0 aliphatic rings. The number of rotatable bonds is 4. The summed E-state index contributed by atoms with van der Waals surface area (Å²) in [6.07, 6.45) is 1.38. The molecule has 2 aromatic heterocycles. The lowest BCUT2D eigenvalue weighted by molar-refractivity contribution is -0.113. The molecule has 0 unspecified atom stereocenters. The van der Waals surface area contributed by atoms with Crippen molar-refractivity contribution < 1.29 is 9.18 Å². The smallest absolute Gasteiger partial charge is 0.262 e. The van der Waals surface area contributed by atoms with Crippen LogP contribution in [0.5, 0.6) is 0 Å². The van der Waals surface area contributed by atoms with Crippen molar-refractivity contribution in [3.8, 4) is 0 Å². The monoisotopic (exact) mass is 319 g/mol. The van der Waals surface area contributed by atoms with Crippen LogP contribution >= 0.6 is 11.8 Å². The molecule has 1 aromatic carbocycles. The van der Waals surface area contributed by atoms with E-state index < -0.39 is 5.82 Å². The fraction of sp³-hybridized carbons (Fsp3) is 0.0769. The van der Waals surface area contributed by atoms with Crippen LogP contribution in [0.3, 0.4) is 0 Å². The molecular formula is C13H10FN5O2S. The minimum atomic E-state index is -0.429. The molecule has 0 spiro atoms. The first-order valence-corrected chi connectivity index (χ1v) is 7.22. The number of hydrogen-bond donors (Lipinski definition) is 3. The topological polar surface area (TPSA) is 104 Å². The Labute approximate surface area is 127 Å². The Morgan fingerprint density at radius 2 is 2.27 bits per heavy atom. The molecular weight excluding hydrogens is 309 g/mol. The van der Waals surface area contributed by atoms with E-state index in [9.17, 15) is 14.0 Å². The van der Waals surface area contributed by atoms with E-state index >= 15 is 0 Å². The van der Waals surface area contributed by atoms with Gasteiger partial charge in [0.25, 0.3) is 5.56 Å². The molecule has 3 rings (SSSR count). The summed E-state index contributed by atoms with van der Waals surface area (Å²) in [6.45, 7) is 0. The molecule has 0 bridgehead atoms. The largest absolute Gasteiger partial charge is 0.325 e. The summed E-state index contributed by atoms with van der Waals surface area (Å²) in [6, 6.07) is 5.60. The van der Waals surface area contributed by atoms with Gasteiger partial charge in [-0.3, -0.25) is 14.7 Å². The molecule has 3 aromatic rings. The second-order valence-electron chi connectivity index (χ2n) is 4.35. The first-order chi connectivity index (χ1) is 10.6. The molecule has 0 aliphatic carbocycles. The summed E-state index contributed by atoms with van der Waals surface area (Å²) in [7, 11) is 0. The maximum Gasteiger partial charge on any atom is 0.262 e. The van der Waals surface area contributed by atoms with Gasteiger partial charge in [-0.25, -0.2) is 9.37 Å². The third-order valence-corrected chi connectivity index (χ3v) is 3.62. The quantitative estimate of drug-likeness (QED) is 0.499. The SMILES string of the molecule is O=C(CSc1nc2[nH]ncc2c(=O)[nH]1)Nc1cccc(F)c1. The van der Waals surface area contributed by atoms with Gasteiger partial charge in [-0.2, -0.15) is 5.10 Å². The Morgan fingerprint density at radius 3 is 3.09 bits per heavy atom. The molecule has 0 fully saturated rings. The van der Waals surface area contributed by atoms with Gasteiger partial charge in [-0.15, -0.1) is 0 Å². The van der Waals surface area contributed by atoms with E-state index in [0.29, 0.717) is 21.9 Å². The van der Waals surface area contributed by atoms with Crippen LogP contribution in [0.25, 0.3) is 11.0 Å². The summed E-state index contributed by atoms with van der Waals surface area (Å²) in [5.74, 6) is -0.733. The molecule has 0 aliphatic heterocycles. The van der Waals surface area contributed by atoms with Gasteiger partial charge in [0.1, 0.15) is 11.2 Å². The molecule has 1 amide bonds. The van der Waals surface area contributed by atoms with Gasteiger partial charge in [-0.05, 0) is 18.2 Å². The number of carbonyl (C=O) groups excluding carboxylic acids is 1. The van der Waals surface area contributed by atoms with Crippen molar-refractivity contribution >= 4 is 34.4 Å². The van der Waals surface area contributed by atoms with Crippen LogP contribution in [0.4, 0.5) is 10.1 Å². The second kappa shape index (κ2) is 5.98. The maximum absolute atomic E-state index is 13.0. The van der Waals surface area contributed by atoms with Crippen LogP contribution in [0.2, 0.25) is 0 Å². The van der Waals surface area contributed by atoms with Crippen molar-refractivity contribution in [1.82, 2.24) is 20.2 Å². The zero-order valence-electron chi connectivity index (χ0n) is 11.1. The number of thioether (sulfide) groups is 1. The molecule has 0 saturated heterocycles. The number of benzene rings is 1. The zero-order valence-corrected chi connectivity index (χ0v) is 11.9. The summed E-state index contributed by atoms with van der Waals surface area (Å²) in [4.78, 5) is 30.2. The lowest BCUT2D eigenvalue weighted by Gasteiger charge is -2.04. The van der Waals surface area contributed by atoms with Crippen LogP contribution in [0.1, 0.15) is 0 Å². The average molecular weight is 319 g/mol. The average Bonchev–Trinajstić information content (AvgIpc) is 2.94. The number of anilines is 1. The number of carbonyl (C=O) groups is 1. The molecule has 0 radical (unpaired) electrons. The highest BCUT2D eigenvalue weighted by molar-refractivity contribution is 7.99. The van der Waals surface area contributed by atoms with Crippen LogP contribution in [0, 0.1) is 5.82 Å². The van der Waals surface area contributed by atoms with E-state index in [1.807, 2.05) is 0 Å². The first-order valence-electron chi connectivity index (χ1n) is 6.23. The van der Waals surface area contributed by atoms with Gasteiger partial charge in [0, 0.05) is 5.69 Å². The van der Waals surface area contributed by atoms with E-state index in [2.05, 4.69) is 25.5 Å². The zero-order chi connectivity index (χ0) is 15.5. The van der Waals surface area contributed by atoms with Crippen molar-refractivity contribution in [2.75, 3.05) is 11.1 Å². The Balaban J connectivity index is 1.66. The first kappa shape index (κ1) is 14.3. The Morgan fingerprint density at radius 1 is 1.41 bits per heavy atom. The van der Waals surface area contributed by atoms with Crippen LogP contribution in [-0.2, 0) is 4.79 Å². The molecule has 3 N–H and O–H groups in total. The molecule has 0 atom stereocenters. The van der Waals surface area contributed by atoms with Crippen molar-refractivity contribution in [3.05, 3.63) is 46.6 Å². The number of nitrogens with zero attached hydrogens (tertiary/aromatic N) is 2. The van der Waals surface area contributed by atoms with Crippen LogP contribution < -0.4 is 10.9 Å².